The second-order valence-corrected chi connectivity index (χ2v) is 7.65. The summed E-state index contributed by atoms with van der Waals surface area (Å²) in [5.41, 5.74) is 2.39. The Kier molecular flexibility index (Phi) is 4.02. The molecule has 0 bridgehead atoms. The number of carbonyl (C=O) groups excluding carboxylic acids is 2. The highest BCUT2D eigenvalue weighted by atomic mass is 35.5. The molecule has 2 aliphatic rings. The van der Waals surface area contributed by atoms with Gasteiger partial charge in [-0.25, -0.2) is 0 Å². The van der Waals surface area contributed by atoms with E-state index in [1.165, 1.54) is 4.88 Å². The lowest BCUT2D eigenvalue weighted by Crippen LogP contribution is -2.38. The average molecular weight is 358 g/mol. The van der Waals surface area contributed by atoms with Crippen LogP contribution in [-0.4, -0.2) is 11.7 Å². The van der Waals surface area contributed by atoms with Gasteiger partial charge in [0.15, 0.2) is 5.78 Å². The molecule has 2 heterocycles. The number of nitrogens with one attached hydrogen (secondary N) is 1. The van der Waals surface area contributed by atoms with Crippen LogP contribution in [0.2, 0.25) is 5.02 Å². The van der Waals surface area contributed by atoms with Gasteiger partial charge in [0.25, 0.3) is 0 Å². The molecule has 1 aromatic carbocycles. The fraction of sp³-hybridized carbons (Fsp3) is 0.263. The van der Waals surface area contributed by atoms with Crippen molar-refractivity contribution in [3.8, 4) is 0 Å². The van der Waals surface area contributed by atoms with Gasteiger partial charge in [-0.15, -0.1) is 11.3 Å². The number of Topliss-reactive ketones (excluding diaryl/α,β-unsaturated/α-hetero) is 1. The summed E-state index contributed by atoms with van der Waals surface area (Å²) in [6, 6.07) is 11.5. The third kappa shape index (κ3) is 2.70. The summed E-state index contributed by atoms with van der Waals surface area (Å²) in [4.78, 5) is 26.3. The highest BCUT2D eigenvalue weighted by Gasteiger charge is 2.38. The predicted molar refractivity (Wildman–Crippen MR) is 95.3 cm³/mol. The largest absolute Gasteiger partial charge is 0.329 e. The lowest BCUT2D eigenvalue weighted by atomic mass is 9.75. The van der Waals surface area contributed by atoms with Gasteiger partial charge in [0.05, 0.1) is 0 Å². The Labute approximate surface area is 149 Å². The molecule has 0 unspecified atom stereocenters. The fourth-order valence-corrected chi connectivity index (χ4v) is 4.81. The number of halogens is 1. The molecule has 122 valence electrons. The van der Waals surface area contributed by atoms with E-state index in [9.17, 15) is 9.59 Å². The van der Waals surface area contributed by atoms with Crippen LogP contribution in [0.25, 0.3) is 0 Å². The van der Waals surface area contributed by atoms with Crippen molar-refractivity contribution < 1.29 is 9.59 Å². The SMILES string of the molecule is O=C1C[C@H](c2ccccc2Cl)C2=C(C[C@@H](c3cccs3)CC2=O)N1. The molecule has 0 fully saturated rings. The van der Waals surface area contributed by atoms with Gasteiger partial charge in [0.1, 0.15) is 0 Å². The van der Waals surface area contributed by atoms with Gasteiger partial charge < -0.3 is 5.32 Å². The Morgan fingerprint density at radius 3 is 2.62 bits per heavy atom. The van der Waals surface area contributed by atoms with E-state index < -0.39 is 0 Å². The number of rotatable bonds is 2. The van der Waals surface area contributed by atoms with Crippen LogP contribution in [0.1, 0.15) is 41.5 Å². The zero-order chi connectivity index (χ0) is 16.7. The predicted octanol–water partition coefficient (Wildman–Crippen LogP) is 4.41. The molecule has 1 aromatic heterocycles. The molecule has 1 aliphatic carbocycles. The van der Waals surface area contributed by atoms with Crippen molar-refractivity contribution in [2.45, 2.75) is 31.1 Å². The molecule has 0 saturated carbocycles. The summed E-state index contributed by atoms with van der Waals surface area (Å²) in [6.45, 7) is 0. The van der Waals surface area contributed by atoms with Crippen molar-refractivity contribution >= 4 is 34.6 Å². The van der Waals surface area contributed by atoms with Crippen LogP contribution in [0.4, 0.5) is 0 Å². The smallest absolute Gasteiger partial charge is 0.225 e. The van der Waals surface area contributed by atoms with Crippen LogP contribution < -0.4 is 5.32 Å². The molecule has 1 aliphatic heterocycles. The zero-order valence-electron chi connectivity index (χ0n) is 12.9. The van der Waals surface area contributed by atoms with Crippen molar-refractivity contribution in [1.29, 1.82) is 0 Å². The molecule has 2 aromatic rings. The monoisotopic (exact) mass is 357 g/mol. The third-order valence-corrected chi connectivity index (χ3v) is 6.14. The molecule has 24 heavy (non-hydrogen) atoms. The Bertz CT molecular complexity index is 841. The molecule has 0 spiro atoms. The first-order valence-electron chi connectivity index (χ1n) is 7.97. The van der Waals surface area contributed by atoms with E-state index in [0.29, 0.717) is 17.9 Å². The van der Waals surface area contributed by atoms with Gasteiger partial charge in [0, 0.05) is 45.8 Å². The van der Waals surface area contributed by atoms with E-state index in [2.05, 4.69) is 11.4 Å². The van der Waals surface area contributed by atoms with E-state index in [0.717, 1.165) is 16.8 Å². The molecular weight excluding hydrogens is 342 g/mol. The van der Waals surface area contributed by atoms with Crippen LogP contribution in [-0.2, 0) is 9.59 Å². The van der Waals surface area contributed by atoms with Gasteiger partial charge in [-0.2, -0.15) is 0 Å². The molecule has 4 rings (SSSR count). The molecular formula is C19H16ClNO2S. The number of ketones is 1. The van der Waals surface area contributed by atoms with Gasteiger partial charge >= 0.3 is 0 Å². The summed E-state index contributed by atoms with van der Waals surface area (Å²) in [6.07, 6.45) is 1.47. The molecule has 1 amide bonds. The van der Waals surface area contributed by atoms with E-state index in [4.69, 9.17) is 11.6 Å². The fourth-order valence-electron chi connectivity index (χ4n) is 3.71. The maximum absolute atomic E-state index is 12.9. The number of thiophene rings is 1. The number of amides is 1. The topological polar surface area (TPSA) is 46.2 Å². The maximum atomic E-state index is 12.9. The molecule has 0 saturated heterocycles. The standard InChI is InChI=1S/C19H16ClNO2S/c20-14-5-2-1-4-12(14)13-10-18(23)21-15-8-11(9-16(22)19(13)15)17-6-3-7-24-17/h1-7,11,13H,8-10H2,(H,21,23)/t11-,13-/m1/s1. The van der Waals surface area contributed by atoms with Crippen molar-refractivity contribution in [2.24, 2.45) is 0 Å². The summed E-state index contributed by atoms with van der Waals surface area (Å²) in [7, 11) is 0. The summed E-state index contributed by atoms with van der Waals surface area (Å²) in [5.74, 6) is -0.00125. The van der Waals surface area contributed by atoms with Crippen molar-refractivity contribution in [3.63, 3.8) is 0 Å². The third-order valence-electron chi connectivity index (χ3n) is 4.76. The van der Waals surface area contributed by atoms with Crippen LogP contribution in [0.3, 0.4) is 0 Å². The molecule has 5 heteroatoms. The quantitative estimate of drug-likeness (QED) is 0.865. The van der Waals surface area contributed by atoms with Crippen LogP contribution in [0.15, 0.2) is 53.0 Å². The van der Waals surface area contributed by atoms with Gasteiger partial charge in [-0.05, 0) is 29.5 Å². The highest BCUT2D eigenvalue weighted by Crippen LogP contribution is 2.44. The first kappa shape index (κ1) is 15.6. The normalized spacial score (nSPS) is 23.9. The minimum absolute atomic E-state index is 0.0432. The Morgan fingerprint density at radius 1 is 1.04 bits per heavy atom. The van der Waals surface area contributed by atoms with E-state index in [-0.39, 0.29) is 29.9 Å². The lowest BCUT2D eigenvalue weighted by molar-refractivity contribution is -0.122. The number of hydrogen-bond donors (Lipinski definition) is 1. The molecule has 0 radical (unpaired) electrons. The van der Waals surface area contributed by atoms with Crippen LogP contribution >= 0.6 is 22.9 Å². The zero-order valence-corrected chi connectivity index (χ0v) is 14.5. The van der Waals surface area contributed by atoms with Gasteiger partial charge in [-0.3, -0.25) is 9.59 Å². The van der Waals surface area contributed by atoms with Crippen molar-refractivity contribution in [3.05, 3.63) is 68.5 Å². The minimum atomic E-state index is -0.237. The second kappa shape index (κ2) is 6.19. The first-order chi connectivity index (χ1) is 11.6. The van der Waals surface area contributed by atoms with E-state index >= 15 is 0 Å². The molecule has 2 atom stereocenters. The average Bonchev–Trinajstić information content (AvgIpc) is 3.08. The Morgan fingerprint density at radius 2 is 1.88 bits per heavy atom. The lowest BCUT2D eigenvalue weighted by Gasteiger charge is -2.34. The minimum Gasteiger partial charge on any atom is -0.329 e. The van der Waals surface area contributed by atoms with Crippen molar-refractivity contribution in [1.82, 2.24) is 5.32 Å². The summed E-state index contributed by atoms with van der Waals surface area (Å²) < 4.78 is 0. The first-order valence-corrected chi connectivity index (χ1v) is 9.23. The number of carbonyl (C=O) groups is 2. The van der Waals surface area contributed by atoms with Crippen LogP contribution in [0.5, 0.6) is 0 Å². The van der Waals surface area contributed by atoms with E-state index in [1.807, 2.05) is 35.7 Å². The number of benzene rings is 1. The Hall–Kier alpha value is -1.91. The van der Waals surface area contributed by atoms with E-state index in [1.54, 1.807) is 11.3 Å². The number of allylic oxidation sites excluding steroid dienone is 2. The van der Waals surface area contributed by atoms with Gasteiger partial charge in [-0.1, -0.05) is 35.9 Å². The van der Waals surface area contributed by atoms with Crippen LogP contribution in [0, 0.1) is 0 Å². The Balaban J connectivity index is 1.76. The highest BCUT2D eigenvalue weighted by molar-refractivity contribution is 7.10. The second-order valence-electron chi connectivity index (χ2n) is 6.26. The van der Waals surface area contributed by atoms with Crippen molar-refractivity contribution in [2.75, 3.05) is 0 Å². The molecule has 3 nitrogen and oxygen atoms in total. The maximum Gasteiger partial charge on any atom is 0.225 e. The summed E-state index contributed by atoms with van der Waals surface area (Å²) >= 11 is 7.99. The molecule has 1 N–H and O–H groups in total. The van der Waals surface area contributed by atoms with Gasteiger partial charge in [0.2, 0.25) is 5.91 Å². The summed E-state index contributed by atoms with van der Waals surface area (Å²) in [5, 5.41) is 5.57. The number of hydrogen-bond acceptors (Lipinski definition) is 3.